The summed E-state index contributed by atoms with van der Waals surface area (Å²) in [5.41, 5.74) is 2.35. The molecule has 1 aromatic rings. The summed E-state index contributed by atoms with van der Waals surface area (Å²) >= 11 is 0. The van der Waals surface area contributed by atoms with Crippen LogP contribution in [-0.2, 0) is 16.1 Å². The third-order valence-electron chi connectivity index (χ3n) is 3.04. The molecule has 1 rings (SSSR count). The first-order valence-electron chi connectivity index (χ1n) is 6.30. The predicted molar refractivity (Wildman–Crippen MR) is 69.8 cm³/mol. The van der Waals surface area contributed by atoms with E-state index in [0.717, 1.165) is 12.0 Å². The van der Waals surface area contributed by atoms with E-state index in [4.69, 9.17) is 4.74 Å². The first-order chi connectivity index (χ1) is 8.04. The highest BCUT2D eigenvalue weighted by Gasteiger charge is 2.11. The smallest absolute Gasteiger partial charge is 0.308 e. The Balaban J connectivity index is 2.50. The number of carbonyl (C=O) groups excluding carboxylic acids is 1. The molecule has 0 aliphatic heterocycles. The minimum absolute atomic E-state index is 0.00932. The Morgan fingerprint density at radius 1 is 1.18 bits per heavy atom. The molecule has 0 saturated carbocycles. The summed E-state index contributed by atoms with van der Waals surface area (Å²) in [6, 6.07) is 8.24. The summed E-state index contributed by atoms with van der Waals surface area (Å²) in [6.45, 7) is 8.59. The van der Waals surface area contributed by atoms with E-state index in [1.165, 1.54) is 5.56 Å². The van der Waals surface area contributed by atoms with E-state index in [-0.39, 0.29) is 11.9 Å². The lowest BCUT2D eigenvalue weighted by Gasteiger charge is -2.10. The molecule has 1 atom stereocenters. The normalized spacial score (nSPS) is 12.5. The monoisotopic (exact) mass is 234 g/mol. The lowest BCUT2D eigenvalue weighted by Crippen LogP contribution is -2.13. The molecule has 0 fully saturated rings. The van der Waals surface area contributed by atoms with Gasteiger partial charge in [-0.15, -0.1) is 0 Å². The van der Waals surface area contributed by atoms with Crippen LogP contribution in [0.2, 0.25) is 0 Å². The van der Waals surface area contributed by atoms with E-state index >= 15 is 0 Å². The SMILES string of the molecule is CCC(C)C(=O)OCc1ccc(C(C)C)cc1. The summed E-state index contributed by atoms with van der Waals surface area (Å²) in [7, 11) is 0. The molecule has 0 amide bonds. The van der Waals surface area contributed by atoms with Crippen LogP contribution in [0.25, 0.3) is 0 Å². The standard InChI is InChI=1S/C15H22O2/c1-5-12(4)15(16)17-10-13-6-8-14(9-7-13)11(2)3/h6-9,11-12H,5,10H2,1-4H3. The van der Waals surface area contributed by atoms with Gasteiger partial charge in [0.1, 0.15) is 6.61 Å². The molecule has 0 heterocycles. The van der Waals surface area contributed by atoms with Gasteiger partial charge in [0.05, 0.1) is 5.92 Å². The Labute approximate surface area is 104 Å². The average molecular weight is 234 g/mol. The number of hydrogen-bond donors (Lipinski definition) is 0. The Kier molecular flexibility index (Phi) is 5.20. The maximum atomic E-state index is 11.5. The second kappa shape index (κ2) is 6.43. The number of ether oxygens (including phenoxy) is 1. The molecule has 2 heteroatoms. The predicted octanol–water partition coefficient (Wildman–Crippen LogP) is 3.90. The zero-order chi connectivity index (χ0) is 12.8. The average Bonchev–Trinajstić information content (AvgIpc) is 2.35. The molecule has 2 nitrogen and oxygen atoms in total. The van der Waals surface area contributed by atoms with Crippen LogP contribution >= 0.6 is 0 Å². The molecular formula is C15H22O2. The van der Waals surface area contributed by atoms with Crippen LogP contribution in [0, 0.1) is 5.92 Å². The molecule has 0 aliphatic rings. The molecule has 0 bridgehead atoms. The number of benzene rings is 1. The van der Waals surface area contributed by atoms with Crippen LogP contribution in [0.3, 0.4) is 0 Å². The second-order valence-electron chi connectivity index (χ2n) is 4.81. The van der Waals surface area contributed by atoms with Gasteiger partial charge in [0, 0.05) is 0 Å². The van der Waals surface area contributed by atoms with Crippen molar-refractivity contribution < 1.29 is 9.53 Å². The van der Waals surface area contributed by atoms with Crippen LogP contribution in [0.15, 0.2) is 24.3 Å². The van der Waals surface area contributed by atoms with Gasteiger partial charge in [-0.2, -0.15) is 0 Å². The molecule has 0 N–H and O–H groups in total. The zero-order valence-electron chi connectivity index (χ0n) is 11.2. The van der Waals surface area contributed by atoms with Crippen LogP contribution in [0.4, 0.5) is 0 Å². The van der Waals surface area contributed by atoms with Gasteiger partial charge in [0.15, 0.2) is 0 Å². The van der Waals surface area contributed by atoms with Crippen molar-refractivity contribution in [3.8, 4) is 0 Å². The van der Waals surface area contributed by atoms with Gasteiger partial charge in [-0.25, -0.2) is 0 Å². The van der Waals surface area contributed by atoms with Crippen molar-refractivity contribution in [1.29, 1.82) is 0 Å². The number of rotatable bonds is 5. The van der Waals surface area contributed by atoms with Crippen molar-refractivity contribution >= 4 is 5.97 Å². The lowest BCUT2D eigenvalue weighted by atomic mass is 10.0. The summed E-state index contributed by atoms with van der Waals surface area (Å²) in [4.78, 5) is 11.5. The largest absolute Gasteiger partial charge is 0.461 e. The fourth-order valence-corrected chi connectivity index (χ4v) is 1.46. The quantitative estimate of drug-likeness (QED) is 0.722. The molecule has 1 unspecified atom stereocenters. The highest BCUT2D eigenvalue weighted by Crippen LogP contribution is 2.15. The van der Waals surface area contributed by atoms with Gasteiger partial charge in [-0.1, -0.05) is 52.0 Å². The van der Waals surface area contributed by atoms with Gasteiger partial charge >= 0.3 is 5.97 Å². The van der Waals surface area contributed by atoms with Gasteiger partial charge < -0.3 is 4.74 Å². The van der Waals surface area contributed by atoms with Crippen molar-refractivity contribution in [3.05, 3.63) is 35.4 Å². The Hall–Kier alpha value is -1.31. The number of hydrogen-bond acceptors (Lipinski definition) is 2. The van der Waals surface area contributed by atoms with Crippen LogP contribution in [0.5, 0.6) is 0 Å². The molecule has 0 aromatic heterocycles. The van der Waals surface area contributed by atoms with Gasteiger partial charge in [0.25, 0.3) is 0 Å². The van der Waals surface area contributed by atoms with E-state index in [9.17, 15) is 4.79 Å². The van der Waals surface area contributed by atoms with E-state index in [1.54, 1.807) is 0 Å². The van der Waals surface area contributed by atoms with E-state index in [1.807, 2.05) is 26.0 Å². The first kappa shape index (κ1) is 13.8. The molecule has 94 valence electrons. The van der Waals surface area contributed by atoms with Crippen molar-refractivity contribution in [2.45, 2.75) is 46.6 Å². The topological polar surface area (TPSA) is 26.3 Å². The molecule has 0 spiro atoms. The Morgan fingerprint density at radius 2 is 1.76 bits per heavy atom. The third kappa shape index (κ3) is 4.22. The van der Waals surface area contributed by atoms with Crippen molar-refractivity contribution in [2.75, 3.05) is 0 Å². The highest BCUT2D eigenvalue weighted by molar-refractivity contribution is 5.71. The number of esters is 1. The first-order valence-corrected chi connectivity index (χ1v) is 6.30. The second-order valence-corrected chi connectivity index (χ2v) is 4.81. The van der Waals surface area contributed by atoms with Gasteiger partial charge in [-0.3, -0.25) is 4.79 Å². The fraction of sp³-hybridized carbons (Fsp3) is 0.533. The van der Waals surface area contributed by atoms with Crippen LogP contribution in [-0.4, -0.2) is 5.97 Å². The summed E-state index contributed by atoms with van der Waals surface area (Å²) in [5.74, 6) is 0.414. The lowest BCUT2D eigenvalue weighted by molar-refractivity contribution is -0.149. The van der Waals surface area contributed by atoms with E-state index in [0.29, 0.717) is 12.5 Å². The Morgan fingerprint density at radius 3 is 2.24 bits per heavy atom. The number of carbonyl (C=O) groups is 1. The van der Waals surface area contributed by atoms with Crippen molar-refractivity contribution in [3.63, 3.8) is 0 Å². The maximum absolute atomic E-state index is 11.5. The molecular weight excluding hydrogens is 212 g/mol. The molecule has 17 heavy (non-hydrogen) atoms. The van der Waals surface area contributed by atoms with Gasteiger partial charge in [-0.05, 0) is 23.5 Å². The van der Waals surface area contributed by atoms with Gasteiger partial charge in [0.2, 0.25) is 0 Å². The minimum Gasteiger partial charge on any atom is -0.461 e. The zero-order valence-corrected chi connectivity index (χ0v) is 11.2. The van der Waals surface area contributed by atoms with Crippen LogP contribution < -0.4 is 0 Å². The van der Waals surface area contributed by atoms with E-state index < -0.39 is 0 Å². The fourth-order valence-electron chi connectivity index (χ4n) is 1.46. The molecule has 0 saturated heterocycles. The third-order valence-corrected chi connectivity index (χ3v) is 3.04. The molecule has 0 aliphatic carbocycles. The molecule has 0 radical (unpaired) electrons. The Bertz CT molecular complexity index is 352. The van der Waals surface area contributed by atoms with Crippen molar-refractivity contribution in [2.24, 2.45) is 5.92 Å². The van der Waals surface area contributed by atoms with Crippen LogP contribution in [0.1, 0.15) is 51.2 Å². The maximum Gasteiger partial charge on any atom is 0.308 e. The van der Waals surface area contributed by atoms with Crippen molar-refractivity contribution in [1.82, 2.24) is 0 Å². The summed E-state index contributed by atoms with van der Waals surface area (Å²) in [6.07, 6.45) is 0.825. The molecule has 1 aromatic carbocycles. The summed E-state index contributed by atoms with van der Waals surface area (Å²) < 4.78 is 5.24. The highest BCUT2D eigenvalue weighted by atomic mass is 16.5. The summed E-state index contributed by atoms with van der Waals surface area (Å²) in [5, 5.41) is 0. The minimum atomic E-state index is -0.111. The van der Waals surface area contributed by atoms with E-state index in [2.05, 4.69) is 26.0 Å².